The Kier molecular flexibility index (Phi) is 6.93. The zero-order valence-corrected chi connectivity index (χ0v) is 16.0. The largest absolute Gasteiger partial charge is 0.445 e. The lowest BCUT2D eigenvalue weighted by Gasteiger charge is -2.26. The Morgan fingerprint density at radius 2 is 1.81 bits per heavy atom. The summed E-state index contributed by atoms with van der Waals surface area (Å²) < 4.78 is 42.0. The van der Waals surface area contributed by atoms with E-state index in [0.29, 0.717) is 11.7 Å². The predicted octanol–water partition coefficient (Wildman–Crippen LogP) is 2.63. The van der Waals surface area contributed by atoms with Gasteiger partial charge in [-0.15, -0.1) is 0 Å². The van der Waals surface area contributed by atoms with E-state index in [-0.39, 0.29) is 12.1 Å². The van der Waals surface area contributed by atoms with E-state index in [0.717, 1.165) is 0 Å². The van der Waals surface area contributed by atoms with Gasteiger partial charge in [0, 0.05) is 19.2 Å². The standard InChI is InChI=1S/C17H25F3N4O3/c1-10-22-9-12(27-10)15(2,3)11(21)8-13(25)24-14(26)16(4,5)23-7-6-17(18,19)20/h9,21,23H,6-8H2,1-5H3,(H,24,25,26). The zero-order chi connectivity index (χ0) is 21.0. The van der Waals surface area contributed by atoms with Gasteiger partial charge in [0.2, 0.25) is 11.8 Å². The molecule has 1 aromatic heterocycles. The van der Waals surface area contributed by atoms with Gasteiger partial charge >= 0.3 is 6.18 Å². The Bertz CT molecular complexity index is 709. The molecule has 27 heavy (non-hydrogen) atoms. The Morgan fingerprint density at radius 3 is 2.30 bits per heavy atom. The lowest BCUT2D eigenvalue weighted by Crippen LogP contribution is -2.55. The molecule has 0 radical (unpaired) electrons. The van der Waals surface area contributed by atoms with E-state index in [2.05, 4.69) is 15.6 Å². The molecule has 2 amide bonds. The number of oxazole rings is 1. The first-order chi connectivity index (χ1) is 12.1. The summed E-state index contributed by atoms with van der Waals surface area (Å²) in [4.78, 5) is 28.2. The van der Waals surface area contributed by atoms with Crippen molar-refractivity contribution < 1.29 is 27.2 Å². The van der Waals surface area contributed by atoms with Crippen molar-refractivity contribution in [3.8, 4) is 0 Å². The molecule has 0 atom stereocenters. The number of aryl methyl sites for hydroxylation is 1. The predicted molar refractivity (Wildman–Crippen MR) is 92.5 cm³/mol. The van der Waals surface area contributed by atoms with E-state index in [1.807, 2.05) is 0 Å². The first-order valence-electron chi connectivity index (χ1n) is 8.32. The maximum Gasteiger partial charge on any atom is 0.390 e. The summed E-state index contributed by atoms with van der Waals surface area (Å²) in [6, 6.07) is 0. The highest BCUT2D eigenvalue weighted by atomic mass is 19.4. The van der Waals surface area contributed by atoms with Crippen LogP contribution in [0.3, 0.4) is 0 Å². The summed E-state index contributed by atoms with van der Waals surface area (Å²) in [6.07, 6.45) is -4.32. The van der Waals surface area contributed by atoms with Crippen LogP contribution in [0.2, 0.25) is 0 Å². The molecule has 0 bridgehead atoms. The number of imide groups is 1. The SMILES string of the molecule is Cc1ncc(C(C)(C)C(=N)CC(=O)NC(=O)C(C)(C)NCCC(F)(F)F)o1. The molecule has 0 fully saturated rings. The van der Waals surface area contributed by atoms with Crippen LogP contribution in [-0.4, -0.2) is 40.8 Å². The maximum absolute atomic E-state index is 12.2. The van der Waals surface area contributed by atoms with Crippen molar-refractivity contribution in [1.82, 2.24) is 15.6 Å². The summed E-state index contributed by atoms with van der Waals surface area (Å²) in [5.41, 5.74) is -2.27. The number of rotatable bonds is 8. The molecule has 0 saturated heterocycles. The molecule has 0 aliphatic rings. The summed E-state index contributed by atoms with van der Waals surface area (Å²) in [6.45, 7) is 7.32. The first-order valence-corrected chi connectivity index (χ1v) is 8.32. The third kappa shape index (κ3) is 6.78. The highest BCUT2D eigenvalue weighted by Gasteiger charge is 2.34. The van der Waals surface area contributed by atoms with Crippen molar-refractivity contribution in [3.63, 3.8) is 0 Å². The lowest BCUT2D eigenvalue weighted by molar-refractivity contribution is -0.138. The average molecular weight is 390 g/mol. The molecule has 0 unspecified atom stereocenters. The number of carbonyl (C=O) groups excluding carboxylic acids is 2. The molecule has 0 aliphatic carbocycles. The molecule has 0 saturated carbocycles. The number of nitrogens with one attached hydrogen (secondary N) is 3. The second-order valence-corrected chi connectivity index (χ2v) is 7.32. The summed E-state index contributed by atoms with van der Waals surface area (Å²) in [5.74, 6) is -0.647. The van der Waals surface area contributed by atoms with Gasteiger partial charge in [-0.1, -0.05) is 0 Å². The van der Waals surface area contributed by atoms with Crippen molar-refractivity contribution in [3.05, 3.63) is 17.8 Å². The third-order valence-electron chi connectivity index (χ3n) is 4.13. The topological polar surface area (TPSA) is 108 Å². The molecular formula is C17H25F3N4O3. The van der Waals surface area contributed by atoms with E-state index in [9.17, 15) is 22.8 Å². The second-order valence-electron chi connectivity index (χ2n) is 7.32. The van der Waals surface area contributed by atoms with E-state index < -0.39 is 41.9 Å². The molecule has 152 valence electrons. The van der Waals surface area contributed by atoms with Crippen molar-refractivity contribution in [2.24, 2.45) is 0 Å². The van der Waals surface area contributed by atoms with Gasteiger partial charge < -0.3 is 15.1 Å². The highest BCUT2D eigenvalue weighted by Crippen LogP contribution is 2.26. The molecule has 0 spiro atoms. The van der Waals surface area contributed by atoms with Crippen LogP contribution in [0.1, 0.15) is 52.2 Å². The zero-order valence-electron chi connectivity index (χ0n) is 16.0. The fraction of sp³-hybridized carbons (Fsp3) is 0.647. The Hall–Kier alpha value is -2.23. The van der Waals surface area contributed by atoms with Crippen LogP contribution in [-0.2, 0) is 15.0 Å². The molecule has 0 aliphatic heterocycles. The van der Waals surface area contributed by atoms with Crippen molar-refractivity contribution in [1.29, 1.82) is 5.41 Å². The van der Waals surface area contributed by atoms with Crippen LogP contribution >= 0.6 is 0 Å². The van der Waals surface area contributed by atoms with E-state index in [4.69, 9.17) is 9.83 Å². The molecule has 7 nitrogen and oxygen atoms in total. The first kappa shape index (κ1) is 22.8. The molecule has 1 aromatic rings. The number of nitrogens with zero attached hydrogens (tertiary/aromatic N) is 1. The Morgan fingerprint density at radius 1 is 1.22 bits per heavy atom. The fourth-order valence-electron chi connectivity index (χ4n) is 2.10. The van der Waals surface area contributed by atoms with Crippen molar-refractivity contribution in [2.75, 3.05) is 6.54 Å². The Balaban J connectivity index is 2.62. The monoisotopic (exact) mass is 390 g/mol. The van der Waals surface area contributed by atoms with E-state index in [1.165, 1.54) is 20.0 Å². The van der Waals surface area contributed by atoms with Crippen LogP contribution in [0.15, 0.2) is 10.6 Å². The lowest BCUT2D eigenvalue weighted by atomic mass is 9.83. The van der Waals surface area contributed by atoms with Gasteiger partial charge in [-0.2, -0.15) is 13.2 Å². The maximum atomic E-state index is 12.2. The van der Waals surface area contributed by atoms with Gasteiger partial charge in [-0.25, -0.2) is 4.98 Å². The normalized spacial score (nSPS) is 12.7. The third-order valence-corrected chi connectivity index (χ3v) is 4.13. The number of amides is 2. The van der Waals surface area contributed by atoms with Gasteiger partial charge in [0.05, 0.1) is 30.0 Å². The van der Waals surface area contributed by atoms with Crippen molar-refractivity contribution >= 4 is 17.5 Å². The fourth-order valence-corrected chi connectivity index (χ4v) is 2.10. The van der Waals surface area contributed by atoms with E-state index in [1.54, 1.807) is 20.8 Å². The quantitative estimate of drug-likeness (QED) is 0.592. The molecule has 1 heterocycles. The minimum absolute atomic E-state index is 0.00628. The van der Waals surface area contributed by atoms with Crippen LogP contribution < -0.4 is 10.6 Å². The highest BCUT2D eigenvalue weighted by molar-refractivity contribution is 6.09. The van der Waals surface area contributed by atoms with Gasteiger partial charge in [0.1, 0.15) is 5.76 Å². The number of halogens is 3. The molecule has 0 aromatic carbocycles. The number of carbonyl (C=O) groups is 2. The molecular weight excluding hydrogens is 365 g/mol. The van der Waals surface area contributed by atoms with Gasteiger partial charge in [0.15, 0.2) is 5.89 Å². The minimum Gasteiger partial charge on any atom is -0.445 e. The minimum atomic E-state index is -4.34. The second kappa shape index (κ2) is 8.20. The molecule has 1 rings (SSSR count). The van der Waals surface area contributed by atoms with Crippen molar-refractivity contribution in [2.45, 2.75) is 64.6 Å². The Labute approximate surface area is 155 Å². The molecule has 3 N–H and O–H groups in total. The van der Waals surface area contributed by atoms with E-state index >= 15 is 0 Å². The van der Waals surface area contributed by atoms with Crippen LogP contribution in [0.25, 0.3) is 0 Å². The van der Waals surface area contributed by atoms with Crippen LogP contribution in [0.4, 0.5) is 13.2 Å². The number of alkyl halides is 3. The molecule has 10 heteroatoms. The number of hydrogen-bond acceptors (Lipinski definition) is 6. The smallest absolute Gasteiger partial charge is 0.390 e. The summed E-state index contributed by atoms with van der Waals surface area (Å²) in [7, 11) is 0. The van der Waals surface area contributed by atoms with Gasteiger partial charge in [-0.3, -0.25) is 14.9 Å². The van der Waals surface area contributed by atoms with Gasteiger partial charge in [-0.05, 0) is 27.7 Å². The number of aromatic nitrogens is 1. The van der Waals surface area contributed by atoms with Gasteiger partial charge in [0.25, 0.3) is 0 Å². The summed E-state index contributed by atoms with van der Waals surface area (Å²) >= 11 is 0. The van der Waals surface area contributed by atoms with Crippen LogP contribution in [0.5, 0.6) is 0 Å². The average Bonchev–Trinajstić information content (AvgIpc) is 2.92. The summed E-state index contributed by atoms with van der Waals surface area (Å²) in [5, 5.41) is 12.7. The van der Waals surface area contributed by atoms with Crippen LogP contribution in [0, 0.1) is 12.3 Å². The number of hydrogen-bond donors (Lipinski definition) is 3.